The van der Waals surface area contributed by atoms with Gasteiger partial charge in [0.1, 0.15) is 0 Å². The third kappa shape index (κ3) is 4.97. The van der Waals surface area contributed by atoms with Crippen LogP contribution in [0.5, 0.6) is 0 Å². The Balaban J connectivity index is 1.52. The number of carbonyl (C=O) groups is 1. The summed E-state index contributed by atoms with van der Waals surface area (Å²) in [6.07, 6.45) is 2.67. The summed E-state index contributed by atoms with van der Waals surface area (Å²) >= 11 is 1.81. The van der Waals surface area contributed by atoms with Gasteiger partial charge in [-0.05, 0) is 37.6 Å². The molecule has 0 aliphatic carbocycles. The summed E-state index contributed by atoms with van der Waals surface area (Å²) in [5.74, 6) is 0. The number of nitrogens with zero attached hydrogens (tertiary/aromatic N) is 3. The maximum absolute atomic E-state index is 11.9. The van der Waals surface area contributed by atoms with Gasteiger partial charge in [0, 0.05) is 62.8 Å². The smallest absolute Gasteiger partial charge is 0.409 e. The maximum atomic E-state index is 11.9. The third-order valence-corrected chi connectivity index (χ3v) is 6.41. The molecule has 0 saturated carbocycles. The molecule has 1 aromatic heterocycles. The third-order valence-electron chi connectivity index (χ3n) is 5.54. The Morgan fingerprint density at radius 2 is 2.12 bits per heavy atom. The molecule has 6 nitrogen and oxygen atoms in total. The highest BCUT2D eigenvalue weighted by Crippen LogP contribution is 2.24. The van der Waals surface area contributed by atoms with Crippen molar-refractivity contribution in [3.05, 3.63) is 22.4 Å². The molecule has 0 spiro atoms. The summed E-state index contributed by atoms with van der Waals surface area (Å²) in [4.78, 5) is 20.2. The summed E-state index contributed by atoms with van der Waals surface area (Å²) in [5, 5.41) is 11.6. The van der Waals surface area contributed by atoms with E-state index in [-0.39, 0.29) is 12.7 Å². The Hall–Kier alpha value is -1.15. The fourth-order valence-corrected chi connectivity index (χ4v) is 4.84. The predicted molar refractivity (Wildman–Crippen MR) is 103 cm³/mol. The molecule has 3 rings (SSSR count). The number of rotatable bonds is 6. The van der Waals surface area contributed by atoms with Crippen molar-refractivity contribution in [2.75, 3.05) is 45.9 Å². The van der Waals surface area contributed by atoms with Crippen LogP contribution in [-0.4, -0.2) is 83.9 Å². The minimum atomic E-state index is -0.176. The van der Waals surface area contributed by atoms with Crippen LogP contribution >= 0.6 is 11.3 Å². The zero-order valence-electron chi connectivity index (χ0n) is 15.7. The van der Waals surface area contributed by atoms with Gasteiger partial charge in [-0.3, -0.25) is 9.80 Å². The highest BCUT2D eigenvalue weighted by atomic mass is 32.1. The highest BCUT2D eigenvalue weighted by Gasteiger charge is 2.33. The monoisotopic (exact) mass is 381 g/mol. The number of hydrogen-bond donors (Lipinski definition) is 1. The zero-order valence-corrected chi connectivity index (χ0v) is 16.5. The number of likely N-dealkylation sites (tertiary alicyclic amines) is 1. The first-order chi connectivity index (χ1) is 12.7. The van der Waals surface area contributed by atoms with Crippen LogP contribution in [0.2, 0.25) is 0 Å². The molecule has 1 N–H and O–H groups in total. The first-order valence-corrected chi connectivity index (χ1v) is 10.6. The average molecular weight is 382 g/mol. The molecule has 26 heavy (non-hydrogen) atoms. The van der Waals surface area contributed by atoms with Gasteiger partial charge in [-0.1, -0.05) is 6.07 Å². The molecule has 3 heterocycles. The van der Waals surface area contributed by atoms with E-state index in [1.54, 1.807) is 11.3 Å². The molecule has 1 aromatic rings. The zero-order chi connectivity index (χ0) is 18.4. The van der Waals surface area contributed by atoms with Crippen molar-refractivity contribution in [3.8, 4) is 0 Å². The Morgan fingerprint density at radius 3 is 2.77 bits per heavy atom. The Bertz CT molecular complexity index is 546. The molecule has 2 aliphatic rings. The molecule has 0 radical (unpaired) electrons. The lowest BCUT2D eigenvalue weighted by molar-refractivity contribution is 0.0125. The minimum absolute atomic E-state index is 0.176. The van der Waals surface area contributed by atoms with Crippen LogP contribution in [0, 0.1) is 0 Å². The number of aliphatic hydroxyl groups is 1. The Morgan fingerprint density at radius 1 is 1.31 bits per heavy atom. The molecule has 1 unspecified atom stereocenters. The van der Waals surface area contributed by atoms with Crippen LogP contribution in [0.3, 0.4) is 0 Å². The fraction of sp³-hybridized carbons (Fsp3) is 0.737. The molecule has 2 saturated heterocycles. The van der Waals surface area contributed by atoms with Gasteiger partial charge in [0.2, 0.25) is 0 Å². The van der Waals surface area contributed by atoms with Crippen molar-refractivity contribution in [2.45, 2.75) is 44.8 Å². The largest absolute Gasteiger partial charge is 0.450 e. The van der Waals surface area contributed by atoms with Crippen LogP contribution < -0.4 is 0 Å². The molecule has 7 heteroatoms. The van der Waals surface area contributed by atoms with E-state index in [1.165, 1.54) is 4.88 Å². The molecule has 2 fully saturated rings. The first kappa shape index (κ1) is 19.6. The number of piperidine rings is 1. The molecular weight excluding hydrogens is 350 g/mol. The van der Waals surface area contributed by atoms with Gasteiger partial charge >= 0.3 is 6.09 Å². The second kappa shape index (κ2) is 9.69. The lowest BCUT2D eigenvalue weighted by Gasteiger charge is -2.46. The quantitative estimate of drug-likeness (QED) is 0.819. The maximum Gasteiger partial charge on any atom is 0.409 e. The minimum Gasteiger partial charge on any atom is -0.450 e. The van der Waals surface area contributed by atoms with E-state index in [9.17, 15) is 9.90 Å². The Labute approximate surface area is 160 Å². The van der Waals surface area contributed by atoms with Crippen molar-refractivity contribution in [2.24, 2.45) is 0 Å². The summed E-state index contributed by atoms with van der Waals surface area (Å²) in [5.41, 5.74) is 0. The normalized spacial score (nSPS) is 23.3. The first-order valence-electron chi connectivity index (χ1n) is 9.74. The molecule has 146 valence electrons. The summed E-state index contributed by atoms with van der Waals surface area (Å²) in [6.45, 7) is 8.19. The van der Waals surface area contributed by atoms with Gasteiger partial charge in [-0.25, -0.2) is 4.79 Å². The summed E-state index contributed by atoms with van der Waals surface area (Å²) in [7, 11) is 0. The van der Waals surface area contributed by atoms with Crippen molar-refractivity contribution in [1.82, 2.24) is 14.7 Å². The second-order valence-corrected chi connectivity index (χ2v) is 8.16. The van der Waals surface area contributed by atoms with Crippen LogP contribution in [0.1, 0.15) is 31.1 Å². The van der Waals surface area contributed by atoms with E-state index < -0.39 is 0 Å². The lowest BCUT2D eigenvalue weighted by Crippen LogP contribution is -2.57. The second-order valence-electron chi connectivity index (χ2n) is 7.13. The van der Waals surface area contributed by atoms with Crippen LogP contribution in [0.15, 0.2) is 17.5 Å². The molecule has 2 aliphatic heterocycles. The number of hydrogen-bond acceptors (Lipinski definition) is 6. The van der Waals surface area contributed by atoms with Crippen molar-refractivity contribution < 1.29 is 14.6 Å². The molecule has 1 amide bonds. The van der Waals surface area contributed by atoms with E-state index in [2.05, 4.69) is 27.3 Å². The standard InChI is InChI=1S/C19H31N3O3S/c1-2-25-19(24)20-8-5-16(6-9-20)21-10-11-22(17(14-21)7-12-23)15-18-4-3-13-26-18/h3-4,13,16-17,23H,2,5-12,14-15H2,1H3. The lowest BCUT2D eigenvalue weighted by atomic mass is 10.00. The van der Waals surface area contributed by atoms with Gasteiger partial charge < -0.3 is 14.7 Å². The number of thiophene rings is 1. The Kier molecular flexibility index (Phi) is 7.31. The number of amides is 1. The SMILES string of the molecule is CCOC(=O)N1CCC(N2CCN(Cc3cccs3)C(CCO)C2)CC1. The van der Waals surface area contributed by atoms with Crippen molar-refractivity contribution >= 4 is 17.4 Å². The van der Waals surface area contributed by atoms with Crippen LogP contribution in [-0.2, 0) is 11.3 Å². The van der Waals surface area contributed by atoms with E-state index in [1.807, 2.05) is 11.8 Å². The highest BCUT2D eigenvalue weighted by molar-refractivity contribution is 7.09. The van der Waals surface area contributed by atoms with Crippen LogP contribution in [0.25, 0.3) is 0 Å². The van der Waals surface area contributed by atoms with E-state index in [0.29, 0.717) is 18.7 Å². The van der Waals surface area contributed by atoms with Crippen molar-refractivity contribution in [1.29, 1.82) is 0 Å². The van der Waals surface area contributed by atoms with Crippen LogP contribution in [0.4, 0.5) is 4.79 Å². The number of piperazine rings is 1. The predicted octanol–water partition coefficient (Wildman–Crippen LogP) is 2.24. The molecule has 1 atom stereocenters. The number of aliphatic hydroxyl groups excluding tert-OH is 1. The van der Waals surface area contributed by atoms with Gasteiger partial charge in [0.15, 0.2) is 0 Å². The van der Waals surface area contributed by atoms with Gasteiger partial charge in [-0.2, -0.15) is 0 Å². The van der Waals surface area contributed by atoms with E-state index >= 15 is 0 Å². The van der Waals surface area contributed by atoms with Gasteiger partial charge in [0.25, 0.3) is 0 Å². The fourth-order valence-electron chi connectivity index (χ4n) is 4.11. The van der Waals surface area contributed by atoms with Gasteiger partial charge in [0.05, 0.1) is 6.61 Å². The van der Waals surface area contributed by atoms with Gasteiger partial charge in [-0.15, -0.1) is 11.3 Å². The average Bonchev–Trinajstić information content (AvgIpc) is 3.17. The molecule has 0 aromatic carbocycles. The number of ether oxygens (including phenoxy) is 1. The van der Waals surface area contributed by atoms with E-state index in [0.717, 1.165) is 58.5 Å². The molecular formula is C19H31N3O3S. The molecule has 0 bridgehead atoms. The number of carbonyl (C=O) groups excluding carboxylic acids is 1. The van der Waals surface area contributed by atoms with E-state index in [4.69, 9.17) is 4.74 Å². The topological polar surface area (TPSA) is 56.2 Å². The summed E-state index contributed by atoms with van der Waals surface area (Å²) in [6, 6.07) is 5.23. The summed E-state index contributed by atoms with van der Waals surface area (Å²) < 4.78 is 5.11. The van der Waals surface area contributed by atoms with Crippen molar-refractivity contribution in [3.63, 3.8) is 0 Å².